The Hall–Kier alpha value is -0.900. The van der Waals surface area contributed by atoms with Crippen molar-refractivity contribution >= 4 is 0 Å². The number of hydrogen-bond acceptors (Lipinski definition) is 3. The van der Waals surface area contributed by atoms with Crippen LogP contribution in [-0.4, -0.2) is 42.8 Å². The molecule has 1 aromatic carbocycles. The van der Waals surface area contributed by atoms with Crippen LogP contribution in [0.1, 0.15) is 12.0 Å². The highest BCUT2D eigenvalue weighted by molar-refractivity contribution is 5.14. The van der Waals surface area contributed by atoms with Crippen molar-refractivity contribution in [2.45, 2.75) is 13.0 Å². The fourth-order valence-electron chi connectivity index (χ4n) is 2.45. The summed E-state index contributed by atoms with van der Waals surface area (Å²) in [7, 11) is 0. The summed E-state index contributed by atoms with van der Waals surface area (Å²) in [4.78, 5) is 2.35. The van der Waals surface area contributed by atoms with E-state index in [9.17, 15) is 0 Å². The summed E-state index contributed by atoms with van der Waals surface area (Å²) in [6.45, 7) is 5.30. The van der Waals surface area contributed by atoms with E-state index in [1.165, 1.54) is 12.0 Å². The molecule has 1 aromatic rings. The molecule has 0 bridgehead atoms. The van der Waals surface area contributed by atoms with E-state index in [4.69, 9.17) is 5.11 Å². The maximum Gasteiger partial charge on any atom is 0.0558 e. The smallest absolute Gasteiger partial charge is 0.0558 e. The quantitative estimate of drug-likeness (QED) is 0.773. The number of aliphatic hydroxyl groups excluding tert-OH is 1. The molecule has 0 aliphatic carbocycles. The second kappa shape index (κ2) is 6.74. The number of benzene rings is 1. The Morgan fingerprint density at radius 2 is 2.12 bits per heavy atom. The van der Waals surface area contributed by atoms with Crippen molar-refractivity contribution in [2.24, 2.45) is 5.92 Å². The van der Waals surface area contributed by atoms with Gasteiger partial charge in [-0.05, 0) is 31.0 Å². The first-order valence-electron chi connectivity index (χ1n) is 6.46. The van der Waals surface area contributed by atoms with Crippen LogP contribution in [0.4, 0.5) is 0 Å². The van der Waals surface area contributed by atoms with Crippen LogP contribution in [0.3, 0.4) is 0 Å². The zero-order valence-corrected chi connectivity index (χ0v) is 10.3. The van der Waals surface area contributed by atoms with Crippen LogP contribution in [-0.2, 0) is 6.54 Å². The number of aliphatic hydroxyl groups is 1. The summed E-state index contributed by atoms with van der Waals surface area (Å²) < 4.78 is 0. The van der Waals surface area contributed by atoms with Gasteiger partial charge in [0.25, 0.3) is 0 Å². The van der Waals surface area contributed by atoms with E-state index in [-0.39, 0.29) is 6.61 Å². The Balaban J connectivity index is 1.87. The largest absolute Gasteiger partial charge is 0.395 e. The average Bonchev–Trinajstić information content (AvgIpc) is 2.83. The zero-order chi connectivity index (χ0) is 11.9. The molecular formula is C14H22N2O. The third-order valence-electron chi connectivity index (χ3n) is 3.34. The molecule has 94 valence electrons. The first-order chi connectivity index (χ1) is 8.38. The minimum atomic E-state index is 0.243. The molecular weight excluding hydrogens is 212 g/mol. The second-order valence-corrected chi connectivity index (χ2v) is 4.80. The Labute approximate surface area is 103 Å². The van der Waals surface area contributed by atoms with Gasteiger partial charge in [-0.1, -0.05) is 30.3 Å². The molecule has 0 amide bonds. The van der Waals surface area contributed by atoms with Gasteiger partial charge < -0.3 is 10.4 Å². The molecule has 17 heavy (non-hydrogen) atoms. The molecule has 0 spiro atoms. The Morgan fingerprint density at radius 1 is 1.29 bits per heavy atom. The van der Waals surface area contributed by atoms with Crippen LogP contribution in [0.25, 0.3) is 0 Å². The predicted molar refractivity (Wildman–Crippen MR) is 69.8 cm³/mol. The van der Waals surface area contributed by atoms with Crippen molar-refractivity contribution in [3.63, 3.8) is 0 Å². The lowest BCUT2D eigenvalue weighted by Gasteiger charge is -2.24. The molecule has 2 N–H and O–H groups in total. The SMILES string of the molecule is OCCN(Cc1ccccc1)C[C@H]1CCNC1. The van der Waals surface area contributed by atoms with Crippen LogP contribution < -0.4 is 5.32 Å². The van der Waals surface area contributed by atoms with Gasteiger partial charge in [-0.15, -0.1) is 0 Å². The van der Waals surface area contributed by atoms with E-state index in [0.717, 1.165) is 38.6 Å². The molecule has 1 saturated heterocycles. The zero-order valence-electron chi connectivity index (χ0n) is 10.3. The van der Waals surface area contributed by atoms with Gasteiger partial charge in [0, 0.05) is 19.6 Å². The molecule has 1 heterocycles. The van der Waals surface area contributed by atoms with Crippen LogP contribution in [0.15, 0.2) is 30.3 Å². The molecule has 0 unspecified atom stereocenters. The van der Waals surface area contributed by atoms with E-state index in [1.54, 1.807) is 0 Å². The Bertz CT molecular complexity index is 309. The molecule has 3 nitrogen and oxygen atoms in total. The standard InChI is InChI=1S/C14H22N2O/c17-9-8-16(12-14-6-7-15-10-14)11-13-4-2-1-3-5-13/h1-5,14-15,17H,6-12H2/t14-/m0/s1. The van der Waals surface area contributed by atoms with Gasteiger partial charge >= 0.3 is 0 Å². The van der Waals surface area contributed by atoms with Gasteiger partial charge in [-0.25, -0.2) is 0 Å². The number of hydrogen-bond donors (Lipinski definition) is 2. The fourth-order valence-corrected chi connectivity index (χ4v) is 2.45. The molecule has 1 fully saturated rings. The highest BCUT2D eigenvalue weighted by atomic mass is 16.3. The van der Waals surface area contributed by atoms with Gasteiger partial charge in [0.05, 0.1) is 6.61 Å². The normalized spacial score (nSPS) is 20.0. The fraction of sp³-hybridized carbons (Fsp3) is 0.571. The minimum absolute atomic E-state index is 0.243. The molecule has 1 aliphatic rings. The van der Waals surface area contributed by atoms with Crippen LogP contribution >= 0.6 is 0 Å². The average molecular weight is 234 g/mol. The Morgan fingerprint density at radius 3 is 2.76 bits per heavy atom. The van der Waals surface area contributed by atoms with Gasteiger partial charge in [0.1, 0.15) is 0 Å². The van der Waals surface area contributed by atoms with Crippen molar-refractivity contribution in [3.8, 4) is 0 Å². The summed E-state index contributed by atoms with van der Waals surface area (Å²) in [6.07, 6.45) is 1.26. The molecule has 2 rings (SSSR count). The van der Waals surface area contributed by atoms with Gasteiger partial charge in [0.15, 0.2) is 0 Å². The van der Waals surface area contributed by atoms with Crippen LogP contribution in [0.5, 0.6) is 0 Å². The lowest BCUT2D eigenvalue weighted by molar-refractivity contribution is 0.172. The van der Waals surface area contributed by atoms with Gasteiger partial charge in [0.2, 0.25) is 0 Å². The van der Waals surface area contributed by atoms with Crippen molar-refractivity contribution in [2.75, 3.05) is 32.8 Å². The topological polar surface area (TPSA) is 35.5 Å². The highest BCUT2D eigenvalue weighted by Gasteiger charge is 2.17. The highest BCUT2D eigenvalue weighted by Crippen LogP contribution is 2.12. The number of nitrogens with one attached hydrogen (secondary N) is 1. The third-order valence-corrected chi connectivity index (χ3v) is 3.34. The first kappa shape index (κ1) is 12.6. The molecule has 1 aliphatic heterocycles. The molecule has 1 atom stereocenters. The lowest BCUT2D eigenvalue weighted by Crippen LogP contribution is -2.32. The van der Waals surface area contributed by atoms with E-state index >= 15 is 0 Å². The summed E-state index contributed by atoms with van der Waals surface area (Å²) >= 11 is 0. The van der Waals surface area contributed by atoms with Crippen LogP contribution in [0.2, 0.25) is 0 Å². The molecule has 0 aromatic heterocycles. The first-order valence-corrected chi connectivity index (χ1v) is 6.46. The third kappa shape index (κ3) is 4.11. The molecule has 0 saturated carbocycles. The number of nitrogens with zero attached hydrogens (tertiary/aromatic N) is 1. The van der Waals surface area contributed by atoms with Crippen molar-refractivity contribution in [1.29, 1.82) is 0 Å². The van der Waals surface area contributed by atoms with Crippen molar-refractivity contribution in [1.82, 2.24) is 10.2 Å². The maximum atomic E-state index is 9.13. The summed E-state index contributed by atoms with van der Waals surface area (Å²) in [5.74, 6) is 0.741. The lowest BCUT2D eigenvalue weighted by atomic mass is 10.1. The second-order valence-electron chi connectivity index (χ2n) is 4.80. The summed E-state index contributed by atoms with van der Waals surface area (Å²) in [5, 5.41) is 12.5. The Kier molecular flexibility index (Phi) is 4.98. The van der Waals surface area contributed by atoms with E-state index in [1.807, 2.05) is 6.07 Å². The van der Waals surface area contributed by atoms with Gasteiger partial charge in [-0.3, -0.25) is 4.90 Å². The van der Waals surface area contributed by atoms with E-state index in [2.05, 4.69) is 34.5 Å². The monoisotopic (exact) mass is 234 g/mol. The number of rotatable bonds is 6. The van der Waals surface area contributed by atoms with E-state index < -0.39 is 0 Å². The predicted octanol–water partition coefficient (Wildman–Crippen LogP) is 1.09. The van der Waals surface area contributed by atoms with E-state index in [0.29, 0.717) is 0 Å². The molecule has 3 heteroatoms. The summed E-state index contributed by atoms with van der Waals surface area (Å²) in [6, 6.07) is 10.5. The van der Waals surface area contributed by atoms with Crippen molar-refractivity contribution in [3.05, 3.63) is 35.9 Å². The maximum absolute atomic E-state index is 9.13. The molecule has 0 radical (unpaired) electrons. The minimum Gasteiger partial charge on any atom is -0.395 e. The van der Waals surface area contributed by atoms with Crippen LogP contribution in [0, 0.1) is 5.92 Å². The van der Waals surface area contributed by atoms with Crippen molar-refractivity contribution < 1.29 is 5.11 Å². The van der Waals surface area contributed by atoms with Gasteiger partial charge in [-0.2, -0.15) is 0 Å². The summed E-state index contributed by atoms with van der Waals surface area (Å²) in [5.41, 5.74) is 1.33.